The Hall–Kier alpha value is -0.320. The summed E-state index contributed by atoms with van der Waals surface area (Å²) in [6.07, 6.45) is 4.25. The fourth-order valence-electron chi connectivity index (χ4n) is 2.41. The summed E-state index contributed by atoms with van der Waals surface area (Å²) in [5.41, 5.74) is 0. The molecule has 2 heterocycles. The Bertz CT molecular complexity index is 400. The number of halogens is 2. The normalized spacial score (nSPS) is 20.2. The molecule has 0 aliphatic carbocycles. The largest absolute Gasteiger partial charge is 0.355 e. The van der Waals surface area contributed by atoms with Gasteiger partial charge in [-0.15, -0.1) is 0 Å². The lowest BCUT2D eigenvalue weighted by molar-refractivity contribution is 0.394. The zero-order valence-electron chi connectivity index (χ0n) is 10.6. The lowest BCUT2D eigenvalue weighted by atomic mass is 9.98. The van der Waals surface area contributed by atoms with Crippen molar-refractivity contribution in [1.29, 1.82) is 0 Å². The quantitative estimate of drug-likeness (QED) is 0.917. The van der Waals surface area contributed by atoms with Crippen LogP contribution in [0.15, 0.2) is 16.7 Å². The van der Waals surface area contributed by atoms with Gasteiger partial charge in [0.25, 0.3) is 0 Å². The van der Waals surface area contributed by atoms with Gasteiger partial charge in [0.2, 0.25) is 0 Å². The SMILES string of the molecule is CCNCC1CCCN(c2ncc(Cl)cc2Br)C1. The number of nitrogens with zero attached hydrogens (tertiary/aromatic N) is 2. The van der Waals surface area contributed by atoms with Gasteiger partial charge in [-0.25, -0.2) is 4.98 Å². The highest BCUT2D eigenvalue weighted by molar-refractivity contribution is 9.10. The van der Waals surface area contributed by atoms with Crippen molar-refractivity contribution in [1.82, 2.24) is 10.3 Å². The highest BCUT2D eigenvalue weighted by Crippen LogP contribution is 2.29. The van der Waals surface area contributed by atoms with Crippen LogP contribution in [0.4, 0.5) is 5.82 Å². The lowest BCUT2D eigenvalue weighted by Gasteiger charge is -2.34. The Kier molecular flexibility index (Phi) is 5.27. The van der Waals surface area contributed by atoms with Gasteiger partial charge >= 0.3 is 0 Å². The number of rotatable bonds is 4. The van der Waals surface area contributed by atoms with E-state index < -0.39 is 0 Å². The number of anilines is 1. The summed E-state index contributed by atoms with van der Waals surface area (Å²) < 4.78 is 0.985. The van der Waals surface area contributed by atoms with E-state index in [1.807, 2.05) is 6.07 Å². The van der Waals surface area contributed by atoms with Crippen LogP contribution in [0.25, 0.3) is 0 Å². The van der Waals surface area contributed by atoms with Gasteiger partial charge in [0.15, 0.2) is 0 Å². The summed E-state index contributed by atoms with van der Waals surface area (Å²) in [4.78, 5) is 6.80. The average molecular weight is 333 g/mol. The third-order valence-corrected chi connectivity index (χ3v) is 4.08. The van der Waals surface area contributed by atoms with Crippen molar-refractivity contribution in [2.24, 2.45) is 5.92 Å². The molecule has 1 aliphatic heterocycles. The molecule has 1 fully saturated rings. The van der Waals surface area contributed by atoms with Crippen molar-refractivity contribution >= 4 is 33.3 Å². The summed E-state index contributed by atoms with van der Waals surface area (Å²) in [7, 11) is 0. The van der Waals surface area contributed by atoms with Crippen LogP contribution >= 0.6 is 27.5 Å². The van der Waals surface area contributed by atoms with Gasteiger partial charge in [0.05, 0.1) is 9.50 Å². The van der Waals surface area contributed by atoms with Crippen molar-refractivity contribution in [3.8, 4) is 0 Å². The first-order chi connectivity index (χ1) is 8.70. The van der Waals surface area contributed by atoms with Crippen molar-refractivity contribution in [3.05, 3.63) is 21.8 Å². The fraction of sp³-hybridized carbons (Fsp3) is 0.615. The van der Waals surface area contributed by atoms with Crippen molar-refractivity contribution in [2.75, 3.05) is 31.1 Å². The molecule has 1 aliphatic rings. The molecule has 0 aromatic carbocycles. The predicted octanol–water partition coefficient (Wildman–Crippen LogP) is 3.32. The van der Waals surface area contributed by atoms with Gasteiger partial charge in [0.1, 0.15) is 5.82 Å². The number of aromatic nitrogens is 1. The van der Waals surface area contributed by atoms with Crippen LogP contribution in [0.2, 0.25) is 5.02 Å². The minimum absolute atomic E-state index is 0.673. The number of pyridine rings is 1. The van der Waals surface area contributed by atoms with Crippen LogP contribution in [0.3, 0.4) is 0 Å². The Balaban J connectivity index is 2.03. The molecule has 1 atom stereocenters. The number of hydrogen-bond donors (Lipinski definition) is 1. The van der Waals surface area contributed by atoms with Gasteiger partial charge in [-0.3, -0.25) is 0 Å². The van der Waals surface area contributed by atoms with Crippen LogP contribution in [-0.2, 0) is 0 Å². The van der Waals surface area contributed by atoms with Gasteiger partial charge in [-0.2, -0.15) is 0 Å². The van der Waals surface area contributed by atoms with E-state index in [1.54, 1.807) is 6.20 Å². The molecule has 5 heteroatoms. The van der Waals surface area contributed by atoms with Gasteiger partial charge in [-0.1, -0.05) is 18.5 Å². The summed E-state index contributed by atoms with van der Waals surface area (Å²) in [5, 5.41) is 4.11. The van der Waals surface area contributed by atoms with E-state index in [-0.39, 0.29) is 0 Å². The smallest absolute Gasteiger partial charge is 0.142 e. The molecule has 1 N–H and O–H groups in total. The second kappa shape index (κ2) is 6.73. The molecule has 0 saturated carbocycles. The van der Waals surface area contributed by atoms with Crippen molar-refractivity contribution in [3.63, 3.8) is 0 Å². The Morgan fingerprint density at radius 3 is 3.17 bits per heavy atom. The molecule has 18 heavy (non-hydrogen) atoms. The minimum atomic E-state index is 0.673. The lowest BCUT2D eigenvalue weighted by Crippen LogP contribution is -2.40. The van der Waals surface area contributed by atoms with E-state index in [0.29, 0.717) is 10.9 Å². The van der Waals surface area contributed by atoms with Gasteiger partial charge in [-0.05, 0) is 53.8 Å². The second-order valence-electron chi connectivity index (χ2n) is 4.72. The molecule has 2 rings (SSSR count). The molecule has 1 aromatic heterocycles. The minimum Gasteiger partial charge on any atom is -0.355 e. The van der Waals surface area contributed by atoms with E-state index in [1.165, 1.54) is 12.8 Å². The highest BCUT2D eigenvalue weighted by atomic mass is 79.9. The molecule has 0 amide bonds. The van der Waals surface area contributed by atoms with E-state index in [4.69, 9.17) is 11.6 Å². The molecule has 100 valence electrons. The maximum Gasteiger partial charge on any atom is 0.142 e. The summed E-state index contributed by atoms with van der Waals surface area (Å²) in [5.74, 6) is 1.73. The van der Waals surface area contributed by atoms with Crippen molar-refractivity contribution in [2.45, 2.75) is 19.8 Å². The standard InChI is InChI=1S/C13H19BrClN3/c1-2-16-7-10-4-3-5-18(9-10)13-12(14)6-11(15)8-17-13/h6,8,10,16H,2-5,7,9H2,1H3. The van der Waals surface area contributed by atoms with Crippen LogP contribution < -0.4 is 10.2 Å². The monoisotopic (exact) mass is 331 g/mol. The maximum atomic E-state index is 5.93. The zero-order chi connectivity index (χ0) is 13.0. The third-order valence-electron chi connectivity index (χ3n) is 3.29. The predicted molar refractivity (Wildman–Crippen MR) is 80.4 cm³/mol. The first kappa shape index (κ1) is 14.1. The molecular formula is C13H19BrClN3. The Morgan fingerprint density at radius 1 is 1.61 bits per heavy atom. The molecule has 1 aromatic rings. The van der Waals surface area contributed by atoms with Gasteiger partial charge in [0, 0.05) is 19.3 Å². The average Bonchev–Trinajstić information content (AvgIpc) is 2.36. The molecule has 1 unspecified atom stereocenters. The van der Waals surface area contributed by atoms with Crippen LogP contribution in [0.5, 0.6) is 0 Å². The van der Waals surface area contributed by atoms with Crippen LogP contribution in [-0.4, -0.2) is 31.2 Å². The maximum absolute atomic E-state index is 5.93. The van der Waals surface area contributed by atoms with E-state index in [2.05, 4.69) is 38.1 Å². The third kappa shape index (κ3) is 3.59. The van der Waals surface area contributed by atoms with Crippen LogP contribution in [0.1, 0.15) is 19.8 Å². The summed E-state index contributed by atoms with van der Waals surface area (Å²) in [6, 6.07) is 1.91. The topological polar surface area (TPSA) is 28.2 Å². The van der Waals surface area contributed by atoms with Crippen molar-refractivity contribution < 1.29 is 0 Å². The fourth-order valence-corrected chi connectivity index (χ4v) is 3.30. The first-order valence-corrected chi connectivity index (χ1v) is 7.64. The summed E-state index contributed by atoms with van der Waals surface area (Å²) in [6.45, 7) is 6.44. The van der Waals surface area contributed by atoms with E-state index in [9.17, 15) is 0 Å². The molecular weight excluding hydrogens is 314 g/mol. The number of piperidine rings is 1. The molecule has 0 spiro atoms. The Morgan fingerprint density at radius 2 is 2.44 bits per heavy atom. The van der Waals surface area contributed by atoms with E-state index in [0.717, 1.165) is 36.5 Å². The van der Waals surface area contributed by atoms with Crippen LogP contribution in [0, 0.1) is 5.92 Å². The molecule has 0 radical (unpaired) electrons. The second-order valence-corrected chi connectivity index (χ2v) is 6.01. The molecule has 3 nitrogen and oxygen atoms in total. The van der Waals surface area contributed by atoms with E-state index >= 15 is 0 Å². The number of hydrogen-bond acceptors (Lipinski definition) is 3. The Labute approximate surface area is 122 Å². The molecule has 1 saturated heterocycles. The van der Waals surface area contributed by atoms with Gasteiger partial charge < -0.3 is 10.2 Å². The summed E-state index contributed by atoms with van der Waals surface area (Å²) >= 11 is 9.48. The highest BCUT2D eigenvalue weighted by Gasteiger charge is 2.22. The number of nitrogens with one attached hydrogen (secondary N) is 1. The zero-order valence-corrected chi connectivity index (χ0v) is 13.0. The first-order valence-electron chi connectivity index (χ1n) is 6.47. The molecule has 0 bridgehead atoms.